The van der Waals surface area contributed by atoms with Gasteiger partial charge in [-0.05, 0) is 48.9 Å². The molecule has 3 aromatic heterocycles. The van der Waals surface area contributed by atoms with Crippen LogP contribution in [0.25, 0.3) is 10.7 Å². The number of furan rings is 1. The highest BCUT2D eigenvalue weighted by Crippen LogP contribution is 2.38. The summed E-state index contributed by atoms with van der Waals surface area (Å²) in [5.41, 5.74) is 1.49. The molecule has 0 aromatic carbocycles. The summed E-state index contributed by atoms with van der Waals surface area (Å²) in [7, 11) is 1.99. The second-order valence-electron chi connectivity index (χ2n) is 7.50. The summed E-state index contributed by atoms with van der Waals surface area (Å²) >= 11 is 3.35. The van der Waals surface area contributed by atoms with Gasteiger partial charge in [-0.1, -0.05) is 25.1 Å². The van der Waals surface area contributed by atoms with Gasteiger partial charge in [-0.2, -0.15) is 0 Å². The fourth-order valence-electron chi connectivity index (χ4n) is 3.62. The summed E-state index contributed by atoms with van der Waals surface area (Å²) in [5, 5.41) is 19.7. The molecule has 0 aliphatic heterocycles. The van der Waals surface area contributed by atoms with Crippen LogP contribution in [0.4, 0.5) is 0 Å². The zero-order valence-electron chi connectivity index (χ0n) is 16.8. The number of ether oxygens (including phenoxy) is 1. The Morgan fingerprint density at radius 2 is 2.34 bits per heavy atom. The van der Waals surface area contributed by atoms with Crippen LogP contribution < -0.4 is 0 Å². The molecule has 0 saturated carbocycles. The standard InChI is InChI=1S/C21H27N3O3S2/c1-3-14-6-7-18-15(9-14)10-19(29-18)20-22-23-21(24(20)2)28-13-16(25)11-26-12-17-5-4-8-27-17/h4-5,8,10,14,16,25H,3,6-7,9,11-13H2,1-2H3. The van der Waals surface area contributed by atoms with E-state index >= 15 is 0 Å². The third-order valence-electron chi connectivity index (χ3n) is 5.36. The molecule has 0 fully saturated rings. The summed E-state index contributed by atoms with van der Waals surface area (Å²) in [6.07, 6.45) is 5.96. The van der Waals surface area contributed by atoms with Crippen molar-refractivity contribution in [3.8, 4) is 10.7 Å². The van der Waals surface area contributed by atoms with Gasteiger partial charge in [-0.3, -0.25) is 0 Å². The maximum Gasteiger partial charge on any atom is 0.191 e. The average Bonchev–Trinajstić information content (AvgIpc) is 3.45. The van der Waals surface area contributed by atoms with Crippen molar-refractivity contribution in [1.82, 2.24) is 14.8 Å². The number of rotatable bonds is 9. The van der Waals surface area contributed by atoms with Crippen molar-refractivity contribution in [2.75, 3.05) is 12.4 Å². The molecule has 29 heavy (non-hydrogen) atoms. The fraction of sp³-hybridized carbons (Fsp3) is 0.524. The molecule has 4 rings (SSSR count). The van der Waals surface area contributed by atoms with Crippen molar-refractivity contribution in [1.29, 1.82) is 0 Å². The number of aliphatic hydroxyl groups excluding tert-OH is 1. The Balaban J connectivity index is 1.32. The Morgan fingerprint density at radius 1 is 1.45 bits per heavy atom. The molecule has 1 N–H and O–H groups in total. The van der Waals surface area contributed by atoms with E-state index in [0.29, 0.717) is 12.4 Å². The number of nitrogens with zero attached hydrogens (tertiary/aromatic N) is 3. The lowest BCUT2D eigenvalue weighted by molar-refractivity contribution is 0.0328. The van der Waals surface area contributed by atoms with Gasteiger partial charge in [0.15, 0.2) is 11.0 Å². The predicted octanol–water partition coefficient (Wildman–Crippen LogP) is 4.32. The predicted molar refractivity (Wildman–Crippen MR) is 115 cm³/mol. The topological polar surface area (TPSA) is 73.3 Å². The number of aryl methyl sites for hydroxylation is 1. The molecule has 3 aromatic rings. The van der Waals surface area contributed by atoms with Crippen molar-refractivity contribution in [2.45, 2.75) is 50.5 Å². The zero-order chi connectivity index (χ0) is 20.2. The Hall–Kier alpha value is -1.61. The Bertz CT molecular complexity index is 920. The summed E-state index contributed by atoms with van der Waals surface area (Å²) in [6.45, 7) is 2.91. The molecule has 0 amide bonds. The summed E-state index contributed by atoms with van der Waals surface area (Å²) in [6, 6.07) is 5.98. The minimum atomic E-state index is -0.574. The van der Waals surface area contributed by atoms with E-state index in [4.69, 9.17) is 9.15 Å². The van der Waals surface area contributed by atoms with Crippen LogP contribution in [0.1, 0.15) is 36.0 Å². The van der Waals surface area contributed by atoms with Crippen LogP contribution in [0.2, 0.25) is 0 Å². The second-order valence-corrected chi connectivity index (χ2v) is 9.62. The Morgan fingerprint density at radius 3 is 3.14 bits per heavy atom. The van der Waals surface area contributed by atoms with Crippen molar-refractivity contribution in [3.63, 3.8) is 0 Å². The number of thiophene rings is 1. The third kappa shape index (κ3) is 4.94. The van der Waals surface area contributed by atoms with Gasteiger partial charge in [0.2, 0.25) is 0 Å². The maximum atomic E-state index is 10.2. The number of hydrogen-bond acceptors (Lipinski definition) is 7. The van der Waals surface area contributed by atoms with Crippen LogP contribution in [0, 0.1) is 5.92 Å². The van der Waals surface area contributed by atoms with Gasteiger partial charge in [-0.25, -0.2) is 0 Å². The van der Waals surface area contributed by atoms with Crippen LogP contribution in [-0.4, -0.2) is 38.3 Å². The molecule has 3 heterocycles. The lowest BCUT2D eigenvalue weighted by Gasteiger charge is -2.19. The fourth-order valence-corrected chi connectivity index (χ4v) is 5.67. The minimum absolute atomic E-state index is 0.259. The van der Waals surface area contributed by atoms with Gasteiger partial charge >= 0.3 is 0 Å². The first-order chi connectivity index (χ1) is 14.1. The Kier molecular flexibility index (Phi) is 6.74. The SMILES string of the molecule is CCC1CCc2sc(-c3nnc(SCC(O)COCc4ccco4)n3C)cc2C1. The van der Waals surface area contributed by atoms with E-state index in [1.165, 1.54) is 52.8 Å². The number of aliphatic hydroxyl groups is 1. The highest BCUT2D eigenvalue weighted by molar-refractivity contribution is 7.99. The molecule has 156 valence electrons. The first-order valence-corrected chi connectivity index (χ1v) is 11.9. The molecular formula is C21H27N3O3S2. The van der Waals surface area contributed by atoms with E-state index in [2.05, 4.69) is 23.2 Å². The molecule has 0 saturated heterocycles. The van der Waals surface area contributed by atoms with Crippen LogP contribution >= 0.6 is 23.1 Å². The third-order valence-corrected chi connectivity index (χ3v) is 7.76. The van der Waals surface area contributed by atoms with Crippen LogP contribution in [0.5, 0.6) is 0 Å². The van der Waals surface area contributed by atoms with E-state index in [-0.39, 0.29) is 6.61 Å². The maximum absolute atomic E-state index is 10.2. The van der Waals surface area contributed by atoms with Crippen molar-refractivity contribution in [3.05, 3.63) is 40.7 Å². The van der Waals surface area contributed by atoms with E-state index in [1.807, 2.05) is 35.1 Å². The van der Waals surface area contributed by atoms with Crippen LogP contribution in [0.15, 0.2) is 34.0 Å². The molecule has 1 aliphatic carbocycles. The monoisotopic (exact) mass is 433 g/mol. The smallest absolute Gasteiger partial charge is 0.191 e. The molecule has 0 spiro atoms. The summed E-state index contributed by atoms with van der Waals surface area (Å²) in [5.74, 6) is 2.98. The Labute approximate surface area is 179 Å². The average molecular weight is 434 g/mol. The molecular weight excluding hydrogens is 406 g/mol. The first kappa shape index (κ1) is 20.7. The van der Waals surface area contributed by atoms with Crippen LogP contribution in [0.3, 0.4) is 0 Å². The van der Waals surface area contributed by atoms with Crippen molar-refractivity contribution >= 4 is 23.1 Å². The molecule has 0 bridgehead atoms. The minimum Gasteiger partial charge on any atom is -0.467 e. The molecule has 8 heteroatoms. The van der Waals surface area contributed by atoms with Crippen molar-refractivity contribution < 1.29 is 14.3 Å². The normalized spacial score (nSPS) is 17.4. The summed E-state index contributed by atoms with van der Waals surface area (Å²) < 4.78 is 12.7. The van der Waals surface area contributed by atoms with Gasteiger partial charge in [0.1, 0.15) is 12.4 Å². The molecule has 6 nitrogen and oxygen atoms in total. The van der Waals surface area contributed by atoms with E-state index in [1.54, 1.807) is 6.26 Å². The lowest BCUT2D eigenvalue weighted by atomic mass is 9.87. The molecule has 0 radical (unpaired) electrons. The number of aromatic nitrogens is 3. The largest absolute Gasteiger partial charge is 0.467 e. The van der Waals surface area contributed by atoms with Gasteiger partial charge in [0, 0.05) is 17.7 Å². The quantitative estimate of drug-likeness (QED) is 0.507. The van der Waals surface area contributed by atoms with Gasteiger partial charge in [-0.15, -0.1) is 21.5 Å². The zero-order valence-corrected chi connectivity index (χ0v) is 18.5. The van der Waals surface area contributed by atoms with Gasteiger partial charge < -0.3 is 18.8 Å². The molecule has 1 aliphatic rings. The highest BCUT2D eigenvalue weighted by Gasteiger charge is 2.22. The number of thioether (sulfide) groups is 1. The van der Waals surface area contributed by atoms with E-state index in [9.17, 15) is 5.11 Å². The number of hydrogen-bond donors (Lipinski definition) is 1. The molecule has 2 unspecified atom stereocenters. The van der Waals surface area contributed by atoms with Crippen LogP contribution in [-0.2, 0) is 31.2 Å². The van der Waals surface area contributed by atoms with Gasteiger partial charge in [0.05, 0.1) is 23.9 Å². The van der Waals surface area contributed by atoms with Gasteiger partial charge in [0.25, 0.3) is 0 Å². The summed E-state index contributed by atoms with van der Waals surface area (Å²) in [4.78, 5) is 2.70. The highest BCUT2D eigenvalue weighted by atomic mass is 32.2. The lowest BCUT2D eigenvalue weighted by Crippen LogP contribution is -2.18. The second kappa shape index (κ2) is 9.47. The first-order valence-electron chi connectivity index (χ1n) is 10.1. The van der Waals surface area contributed by atoms with E-state index < -0.39 is 6.10 Å². The van der Waals surface area contributed by atoms with E-state index in [0.717, 1.165) is 22.7 Å². The number of fused-ring (bicyclic) bond motifs is 1. The molecule has 2 atom stereocenters. The van der Waals surface area contributed by atoms with Crippen molar-refractivity contribution in [2.24, 2.45) is 13.0 Å².